The summed E-state index contributed by atoms with van der Waals surface area (Å²) in [5, 5.41) is 0.374. The van der Waals surface area contributed by atoms with Gasteiger partial charge in [-0.15, -0.1) is 0 Å². The fourth-order valence-corrected chi connectivity index (χ4v) is 7.11. The summed E-state index contributed by atoms with van der Waals surface area (Å²) < 4.78 is 43.4. The highest BCUT2D eigenvalue weighted by atomic mass is 35.5. The minimum atomic E-state index is -3.82. The molecule has 4 heterocycles. The highest BCUT2D eigenvalue weighted by Gasteiger charge is 2.33. The summed E-state index contributed by atoms with van der Waals surface area (Å²) >= 11 is 6.39. The minimum absolute atomic E-state index is 0.0396. The van der Waals surface area contributed by atoms with Crippen molar-refractivity contribution in [1.29, 1.82) is 0 Å². The highest BCUT2D eigenvalue weighted by Crippen LogP contribution is 2.42. The number of fused-ring (bicyclic) bond motifs is 1. The predicted molar refractivity (Wildman–Crippen MR) is 167 cm³/mol. The van der Waals surface area contributed by atoms with Crippen molar-refractivity contribution in [2.75, 3.05) is 30.8 Å². The predicted octanol–water partition coefficient (Wildman–Crippen LogP) is 4.53. The second kappa shape index (κ2) is 11.4. The summed E-state index contributed by atoms with van der Waals surface area (Å²) in [5.74, 6) is -0.682. The quantitative estimate of drug-likeness (QED) is 0.283. The Morgan fingerprint density at radius 2 is 1.95 bits per heavy atom. The number of piperazine rings is 1. The topological polar surface area (TPSA) is 118 Å². The first-order chi connectivity index (χ1) is 21.0. The van der Waals surface area contributed by atoms with Gasteiger partial charge in [-0.25, -0.2) is 27.2 Å². The van der Waals surface area contributed by atoms with Gasteiger partial charge in [-0.05, 0) is 55.5 Å². The molecule has 228 valence electrons. The van der Waals surface area contributed by atoms with Gasteiger partial charge in [0.25, 0.3) is 0 Å². The van der Waals surface area contributed by atoms with Crippen molar-refractivity contribution in [3.8, 4) is 16.9 Å². The Labute approximate surface area is 258 Å². The molecule has 0 unspecified atom stereocenters. The maximum Gasteiger partial charge on any atom is 0.355 e. The van der Waals surface area contributed by atoms with Gasteiger partial charge in [0.1, 0.15) is 17.3 Å². The van der Waals surface area contributed by atoms with Gasteiger partial charge in [0.2, 0.25) is 5.91 Å². The van der Waals surface area contributed by atoms with E-state index in [0.29, 0.717) is 25.2 Å². The van der Waals surface area contributed by atoms with Crippen molar-refractivity contribution < 1.29 is 17.6 Å². The smallest absolute Gasteiger partial charge is 0.350 e. The fourth-order valence-electron chi connectivity index (χ4n) is 6.01. The molecule has 1 aliphatic carbocycles. The van der Waals surface area contributed by atoms with Gasteiger partial charge in [-0.2, -0.15) is 4.98 Å². The number of para-hydroxylation sites is 1. The van der Waals surface area contributed by atoms with Crippen LogP contribution in [0.15, 0.2) is 65.1 Å². The number of aromatic nitrogens is 4. The zero-order chi connectivity index (χ0) is 31.3. The Hall–Kier alpha value is -4.16. The Balaban J connectivity index is 1.67. The van der Waals surface area contributed by atoms with Crippen molar-refractivity contribution >= 4 is 44.2 Å². The van der Waals surface area contributed by atoms with Crippen LogP contribution in [0.5, 0.6) is 0 Å². The van der Waals surface area contributed by atoms with E-state index in [-0.39, 0.29) is 61.6 Å². The largest absolute Gasteiger partial charge is 0.355 e. The summed E-state index contributed by atoms with van der Waals surface area (Å²) in [7, 11) is -3.82. The summed E-state index contributed by atoms with van der Waals surface area (Å²) in [6.07, 6.45) is 7.82. The number of anilines is 1. The molecule has 6 rings (SSSR count). The van der Waals surface area contributed by atoms with Crippen molar-refractivity contribution in [3.63, 3.8) is 0 Å². The van der Waals surface area contributed by atoms with E-state index in [1.54, 1.807) is 11.0 Å². The SMILES string of the molecule is C=CC(=O)N1CCN(c2nc(=O)n(-c3c(C4CCC4)cccc3S(C)(=O)=O)c3nc(-c4ccncc4Cl)c(F)cc23)[C@@H](C)C1. The van der Waals surface area contributed by atoms with Crippen molar-refractivity contribution in [2.24, 2.45) is 0 Å². The lowest BCUT2D eigenvalue weighted by Crippen LogP contribution is -2.54. The molecule has 4 aromatic rings. The number of benzene rings is 1. The van der Waals surface area contributed by atoms with Gasteiger partial charge in [-0.3, -0.25) is 9.78 Å². The Kier molecular flexibility index (Phi) is 7.75. The first-order valence-electron chi connectivity index (χ1n) is 14.2. The molecular formula is C31H30ClFN6O4S. The number of pyridine rings is 2. The monoisotopic (exact) mass is 636 g/mol. The van der Waals surface area contributed by atoms with E-state index in [9.17, 15) is 18.0 Å². The summed E-state index contributed by atoms with van der Waals surface area (Å²) in [5.41, 5.74) is 0.293. The number of nitrogens with zero attached hydrogens (tertiary/aromatic N) is 6. The Morgan fingerprint density at radius 1 is 1.18 bits per heavy atom. The molecule has 0 bridgehead atoms. The van der Waals surface area contributed by atoms with Crippen molar-refractivity contribution in [3.05, 3.63) is 82.3 Å². The Morgan fingerprint density at radius 3 is 2.59 bits per heavy atom. The molecule has 1 aliphatic heterocycles. The van der Waals surface area contributed by atoms with Gasteiger partial charge in [0.05, 0.1) is 21.0 Å². The first kappa shape index (κ1) is 29.9. The molecule has 44 heavy (non-hydrogen) atoms. The van der Waals surface area contributed by atoms with Crippen LogP contribution in [0.25, 0.3) is 28.0 Å². The second-order valence-electron chi connectivity index (χ2n) is 11.2. The molecular weight excluding hydrogens is 607 g/mol. The highest BCUT2D eigenvalue weighted by molar-refractivity contribution is 7.90. The molecule has 3 aromatic heterocycles. The third-order valence-electron chi connectivity index (χ3n) is 8.41. The molecule has 2 aliphatic rings. The van der Waals surface area contributed by atoms with Crippen LogP contribution in [-0.2, 0) is 14.6 Å². The van der Waals surface area contributed by atoms with Crippen LogP contribution in [0.3, 0.4) is 0 Å². The zero-order valence-corrected chi connectivity index (χ0v) is 25.8. The van der Waals surface area contributed by atoms with Crippen LogP contribution in [0.1, 0.15) is 37.7 Å². The van der Waals surface area contributed by atoms with E-state index >= 15 is 4.39 Å². The minimum Gasteiger partial charge on any atom is -0.350 e. The van der Waals surface area contributed by atoms with Gasteiger partial charge in [-0.1, -0.05) is 36.7 Å². The zero-order valence-electron chi connectivity index (χ0n) is 24.2. The summed E-state index contributed by atoms with van der Waals surface area (Å²) in [4.78, 5) is 43.0. The van der Waals surface area contributed by atoms with E-state index in [1.165, 1.54) is 41.2 Å². The molecule has 0 N–H and O–H groups in total. The van der Waals surface area contributed by atoms with Crippen LogP contribution in [-0.4, -0.2) is 70.7 Å². The van der Waals surface area contributed by atoms with Gasteiger partial charge >= 0.3 is 5.69 Å². The maximum absolute atomic E-state index is 16.0. The lowest BCUT2D eigenvalue weighted by molar-refractivity contribution is -0.126. The number of hydrogen-bond donors (Lipinski definition) is 0. The second-order valence-corrected chi connectivity index (χ2v) is 13.6. The molecule has 1 saturated heterocycles. The number of carbonyl (C=O) groups excluding carboxylic acids is 1. The molecule has 2 fully saturated rings. The van der Waals surface area contributed by atoms with E-state index in [1.807, 2.05) is 17.9 Å². The van der Waals surface area contributed by atoms with Crippen LogP contribution in [0.4, 0.5) is 10.2 Å². The molecule has 13 heteroatoms. The lowest BCUT2D eigenvalue weighted by atomic mass is 9.79. The van der Waals surface area contributed by atoms with Gasteiger partial charge in [0, 0.05) is 49.9 Å². The standard InChI is InChI=1S/C31H30ClFN6O4S/c1-4-26(40)37-13-14-38(18(2)17-37)29-22-15-24(33)27(21-11-12-34-16-23(21)32)35-30(22)39(31(41)36-29)28-20(19-7-5-8-19)9-6-10-25(28)44(3,42)43/h4,6,9-12,15-16,18-19H,1,5,7-8,13-14,17H2,2-3H3/t18-/m0/s1. The van der Waals surface area contributed by atoms with Crippen LogP contribution in [0.2, 0.25) is 5.02 Å². The molecule has 1 atom stereocenters. The van der Waals surface area contributed by atoms with E-state index in [4.69, 9.17) is 11.6 Å². The maximum atomic E-state index is 16.0. The van der Waals surface area contributed by atoms with Crippen molar-refractivity contribution in [2.45, 2.75) is 43.0 Å². The van der Waals surface area contributed by atoms with E-state index < -0.39 is 21.3 Å². The third-order valence-corrected chi connectivity index (χ3v) is 9.84. The number of halogens is 2. The molecule has 1 amide bonds. The lowest BCUT2D eigenvalue weighted by Gasteiger charge is -2.40. The van der Waals surface area contributed by atoms with Crippen molar-refractivity contribution in [1.82, 2.24) is 24.4 Å². The molecule has 0 spiro atoms. The average molecular weight is 637 g/mol. The molecule has 10 nitrogen and oxygen atoms in total. The average Bonchev–Trinajstić information content (AvgIpc) is 2.95. The number of hydrogen-bond acceptors (Lipinski definition) is 8. The summed E-state index contributed by atoms with van der Waals surface area (Å²) in [6, 6.07) is 7.44. The normalized spacial score (nSPS) is 17.5. The summed E-state index contributed by atoms with van der Waals surface area (Å²) in [6.45, 7) is 6.43. The molecule has 1 aromatic carbocycles. The number of sulfone groups is 1. The van der Waals surface area contributed by atoms with E-state index in [2.05, 4.69) is 21.5 Å². The Bertz CT molecular complexity index is 2000. The third kappa shape index (κ3) is 5.15. The van der Waals surface area contributed by atoms with Gasteiger partial charge in [0.15, 0.2) is 15.5 Å². The van der Waals surface area contributed by atoms with Crippen LogP contribution in [0, 0.1) is 5.82 Å². The fraction of sp³-hybridized carbons (Fsp3) is 0.323. The number of rotatable bonds is 6. The first-order valence-corrected chi connectivity index (χ1v) is 16.5. The number of carbonyl (C=O) groups is 1. The molecule has 1 saturated carbocycles. The van der Waals surface area contributed by atoms with Crippen LogP contribution < -0.4 is 10.6 Å². The number of amides is 1. The van der Waals surface area contributed by atoms with Gasteiger partial charge < -0.3 is 9.80 Å². The molecule has 0 radical (unpaired) electrons. The van der Waals surface area contributed by atoms with E-state index in [0.717, 1.165) is 25.5 Å². The van der Waals surface area contributed by atoms with Crippen LogP contribution >= 0.6 is 11.6 Å².